The fourth-order valence-corrected chi connectivity index (χ4v) is 1.49. The van der Waals surface area contributed by atoms with E-state index in [0.717, 1.165) is 19.6 Å². The summed E-state index contributed by atoms with van der Waals surface area (Å²) >= 11 is 0. The Morgan fingerprint density at radius 1 is 1.58 bits per heavy atom. The summed E-state index contributed by atoms with van der Waals surface area (Å²) in [6.45, 7) is 7.65. The van der Waals surface area contributed by atoms with Gasteiger partial charge in [0.25, 0.3) is 0 Å². The molecule has 70 valence electrons. The van der Waals surface area contributed by atoms with E-state index in [4.69, 9.17) is 4.74 Å². The fraction of sp³-hybridized carbons (Fsp3) is 0.800. The maximum absolute atomic E-state index is 5.45. The van der Waals surface area contributed by atoms with Gasteiger partial charge in [0.1, 0.15) is 0 Å². The van der Waals surface area contributed by atoms with E-state index in [1.54, 1.807) is 0 Å². The van der Waals surface area contributed by atoms with Crippen LogP contribution in [0.3, 0.4) is 0 Å². The van der Waals surface area contributed by atoms with Crippen molar-refractivity contribution in [2.24, 2.45) is 0 Å². The molecule has 2 nitrogen and oxygen atoms in total. The molecular weight excluding hydrogens is 150 g/mol. The molecule has 0 aromatic heterocycles. The van der Waals surface area contributed by atoms with Gasteiger partial charge in [0.05, 0.1) is 6.10 Å². The van der Waals surface area contributed by atoms with E-state index in [1.807, 2.05) is 6.08 Å². The maximum atomic E-state index is 5.45. The van der Waals surface area contributed by atoms with E-state index in [0.29, 0.717) is 12.1 Å². The normalized spacial score (nSPS) is 28.1. The van der Waals surface area contributed by atoms with E-state index in [-0.39, 0.29) is 0 Å². The molecule has 0 radical (unpaired) electrons. The molecular formula is C10H19NO. The smallest absolute Gasteiger partial charge is 0.0604 e. The summed E-state index contributed by atoms with van der Waals surface area (Å²) in [6, 6.07) is 0.696. The molecule has 1 saturated carbocycles. The Kier molecular flexibility index (Phi) is 4.33. The van der Waals surface area contributed by atoms with Gasteiger partial charge in [-0.15, -0.1) is 6.58 Å². The van der Waals surface area contributed by atoms with Crippen molar-refractivity contribution in [1.29, 1.82) is 0 Å². The predicted octanol–water partition coefficient (Wildman–Crippen LogP) is 1.72. The van der Waals surface area contributed by atoms with Crippen molar-refractivity contribution in [2.45, 2.75) is 38.3 Å². The molecule has 1 aliphatic rings. The Hall–Kier alpha value is -0.340. The minimum atomic E-state index is 0.524. The van der Waals surface area contributed by atoms with Gasteiger partial charge >= 0.3 is 0 Å². The van der Waals surface area contributed by atoms with E-state index in [2.05, 4.69) is 18.8 Å². The second kappa shape index (κ2) is 5.33. The Labute approximate surface area is 75.0 Å². The second-order valence-corrected chi connectivity index (χ2v) is 3.28. The van der Waals surface area contributed by atoms with Crippen LogP contribution >= 0.6 is 0 Å². The molecule has 0 unspecified atom stereocenters. The van der Waals surface area contributed by atoms with Crippen LogP contribution in [0.5, 0.6) is 0 Å². The first-order valence-corrected chi connectivity index (χ1v) is 4.82. The monoisotopic (exact) mass is 169 g/mol. The number of nitrogens with one attached hydrogen (secondary N) is 1. The molecule has 1 fully saturated rings. The van der Waals surface area contributed by atoms with Gasteiger partial charge in [0.2, 0.25) is 0 Å². The highest BCUT2D eigenvalue weighted by atomic mass is 16.5. The number of ether oxygens (including phenoxy) is 1. The molecule has 0 amide bonds. The number of hydrogen-bond donors (Lipinski definition) is 1. The summed E-state index contributed by atoms with van der Waals surface area (Å²) in [5, 5.41) is 3.46. The number of rotatable bonds is 6. The van der Waals surface area contributed by atoms with Gasteiger partial charge in [-0.1, -0.05) is 6.08 Å². The summed E-state index contributed by atoms with van der Waals surface area (Å²) < 4.78 is 5.45. The highest BCUT2D eigenvalue weighted by Gasteiger charge is 2.28. The van der Waals surface area contributed by atoms with E-state index in [1.165, 1.54) is 12.8 Å². The third kappa shape index (κ3) is 2.95. The summed E-state index contributed by atoms with van der Waals surface area (Å²) in [6.07, 6.45) is 5.91. The minimum absolute atomic E-state index is 0.524. The maximum Gasteiger partial charge on any atom is 0.0604 e. The van der Waals surface area contributed by atoms with E-state index >= 15 is 0 Å². The Balaban J connectivity index is 1.91. The standard InChI is InChI=1S/C10H19NO/c1-3-5-6-11-9-7-10(8-9)12-4-2/h3,9-11H,1,4-8H2,2H3. The molecule has 1 aliphatic carbocycles. The molecule has 0 aromatic carbocycles. The summed E-state index contributed by atoms with van der Waals surface area (Å²) in [4.78, 5) is 0. The van der Waals surface area contributed by atoms with E-state index < -0.39 is 0 Å². The predicted molar refractivity (Wildman–Crippen MR) is 51.3 cm³/mol. The third-order valence-corrected chi connectivity index (χ3v) is 2.28. The van der Waals surface area contributed by atoms with Crippen molar-refractivity contribution in [3.63, 3.8) is 0 Å². The Morgan fingerprint density at radius 2 is 2.33 bits per heavy atom. The van der Waals surface area contributed by atoms with Crippen LogP contribution in [0.4, 0.5) is 0 Å². The van der Waals surface area contributed by atoms with Gasteiger partial charge in [-0.05, 0) is 32.7 Å². The first-order chi connectivity index (χ1) is 5.86. The van der Waals surface area contributed by atoms with Crippen molar-refractivity contribution in [1.82, 2.24) is 5.32 Å². The van der Waals surface area contributed by atoms with Crippen LogP contribution in [0, 0.1) is 0 Å². The summed E-state index contributed by atoms with van der Waals surface area (Å²) in [5.74, 6) is 0. The molecule has 0 aliphatic heterocycles. The summed E-state index contributed by atoms with van der Waals surface area (Å²) in [5.41, 5.74) is 0. The van der Waals surface area contributed by atoms with Gasteiger partial charge in [-0.25, -0.2) is 0 Å². The Bertz CT molecular complexity index is 130. The zero-order valence-electron chi connectivity index (χ0n) is 7.88. The average molecular weight is 169 g/mol. The van der Waals surface area contributed by atoms with Gasteiger partial charge < -0.3 is 10.1 Å². The van der Waals surface area contributed by atoms with Crippen molar-refractivity contribution < 1.29 is 4.74 Å². The zero-order valence-corrected chi connectivity index (χ0v) is 7.88. The van der Waals surface area contributed by atoms with Crippen molar-refractivity contribution in [3.05, 3.63) is 12.7 Å². The minimum Gasteiger partial charge on any atom is -0.378 e. The van der Waals surface area contributed by atoms with Crippen LogP contribution in [0.2, 0.25) is 0 Å². The molecule has 0 saturated heterocycles. The lowest BCUT2D eigenvalue weighted by molar-refractivity contribution is -0.00956. The lowest BCUT2D eigenvalue weighted by atomic mass is 9.89. The third-order valence-electron chi connectivity index (χ3n) is 2.28. The first kappa shape index (κ1) is 9.75. The first-order valence-electron chi connectivity index (χ1n) is 4.82. The van der Waals surface area contributed by atoms with E-state index in [9.17, 15) is 0 Å². The summed E-state index contributed by atoms with van der Waals surface area (Å²) in [7, 11) is 0. The van der Waals surface area contributed by atoms with Crippen LogP contribution in [-0.4, -0.2) is 25.3 Å². The van der Waals surface area contributed by atoms with Crippen LogP contribution in [0.15, 0.2) is 12.7 Å². The van der Waals surface area contributed by atoms with Crippen molar-refractivity contribution in [3.8, 4) is 0 Å². The molecule has 0 aromatic rings. The van der Waals surface area contributed by atoms with Gasteiger partial charge in [0.15, 0.2) is 0 Å². The SMILES string of the molecule is C=CCCNC1CC(OCC)C1. The quantitative estimate of drug-likeness (QED) is 0.483. The topological polar surface area (TPSA) is 21.3 Å². The highest BCUT2D eigenvalue weighted by molar-refractivity contribution is 4.86. The molecule has 1 N–H and O–H groups in total. The molecule has 0 spiro atoms. The van der Waals surface area contributed by atoms with Gasteiger partial charge in [0, 0.05) is 12.6 Å². The van der Waals surface area contributed by atoms with Crippen molar-refractivity contribution >= 4 is 0 Å². The van der Waals surface area contributed by atoms with Crippen molar-refractivity contribution in [2.75, 3.05) is 13.2 Å². The van der Waals surface area contributed by atoms with Crippen LogP contribution in [0.25, 0.3) is 0 Å². The number of hydrogen-bond acceptors (Lipinski definition) is 2. The van der Waals surface area contributed by atoms with Gasteiger partial charge in [-0.3, -0.25) is 0 Å². The second-order valence-electron chi connectivity index (χ2n) is 3.28. The molecule has 0 atom stereocenters. The largest absolute Gasteiger partial charge is 0.378 e. The lowest BCUT2D eigenvalue weighted by Gasteiger charge is -2.35. The average Bonchev–Trinajstić information content (AvgIpc) is 2.00. The van der Waals surface area contributed by atoms with Crippen LogP contribution in [0.1, 0.15) is 26.2 Å². The molecule has 0 heterocycles. The molecule has 2 heteroatoms. The molecule has 0 bridgehead atoms. The fourth-order valence-electron chi connectivity index (χ4n) is 1.49. The van der Waals surface area contributed by atoms with Crippen LogP contribution < -0.4 is 5.32 Å². The molecule has 1 rings (SSSR count). The molecule has 12 heavy (non-hydrogen) atoms. The Morgan fingerprint density at radius 3 is 2.92 bits per heavy atom. The zero-order chi connectivity index (χ0) is 8.81. The lowest BCUT2D eigenvalue weighted by Crippen LogP contribution is -2.45. The highest BCUT2D eigenvalue weighted by Crippen LogP contribution is 2.22. The van der Waals surface area contributed by atoms with Gasteiger partial charge in [-0.2, -0.15) is 0 Å². The van der Waals surface area contributed by atoms with Crippen LogP contribution in [-0.2, 0) is 4.74 Å².